The Morgan fingerprint density at radius 1 is 1.28 bits per heavy atom. The minimum atomic E-state index is -0.802. The number of carboxylic acid groups (broad SMARTS) is 1. The van der Waals surface area contributed by atoms with Crippen LogP contribution in [0.2, 0.25) is 0 Å². The summed E-state index contributed by atoms with van der Waals surface area (Å²) in [5.41, 5.74) is 1.48. The summed E-state index contributed by atoms with van der Waals surface area (Å²) >= 11 is 1.57. The normalized spacial score (nSPS) is 15.1. The molecule has 136 valence electrons. The number of aliphatic carboxylic acids is 1. The molecule has 7 heteroatoms. The van der Waals surface area contributed by atoms with Crippen molar-refractivity contribution in [2.24, 2.45) is 5.92 Å². The van der Waals surface area contributed by atoms with Gasteiger partial charge in [0.15, 0.2) is 0 Å². The van der Waals surface area contributed by atoms with Crippen LogP contribution in [0.3, 0.4) is 0 Å². The summed E-state index contributed by atoms with van der Waals surface area (Å²) in [6.07, 6.45) is 2.88. The Kier molecular flexibility index (Phi) is 6.47. The van der Waals surface area contributed by atoms with Crippen LogP contribution in [-0.2, 0) is 9.59 Å². The second-order valence-corrected chi connectivity index (χ2v) is 7.22. The first-order chi connectivity index (χ1) is 11.8. The Morgan fingerprint density at radius 2 is 1.92 bits per heavy atom. The van der Waals surface area contributed by atoms with Crippen LogP contribution in [0.1, 0.15) is 28.8 Å². The highest BCUT2D eigenvalue weighted by Gasteiger charge is 2.28. The van der Waals surface area contributed by atoms with E-state index in [2.05, 4.69) is 0 Å². The highest BCUT2D eigenvalue weighted by Crippen LogP contribution is 2.21. The van der Waals surface area contributed by atoms with E-state index >= 15 is 0 Å². The van der Waals surface area contributed by atoms with E-state index in [-0.39, 0.29) is 24.3 Å². The average Bonchev–Trinajstić information content (AvgIpc) is 2.61. The summed E-state index contributed by atoms with van der Waals surface area (Å²) in [5, 5.41) is 9.02. The van der Waals surface area contributed by atoms with Crippen LogP contribution in [0.25, 0.3) is 0 Å². The quantitative estimate of drug-likeness (QED) is 0.810. The van der Waals surface area contributed by atoms with E-state index in [1.807, 2.05) is 31.4 Å². The summed E-state index contributed by atoms with van der Waals surface area (Å²) in [5.74, 6) is -1.50. The minimum absolute atomic E-state index is 0.000489. The molecule has 0 aliphatic carbocycles. The molecule has 1 aliphatic heterocycles. The topological polar surface area (TPSA) is 77.9 Å². The molecule has 25 heavy (non-hydrogen) atoms. The molecule has 0 spiro atoms. The molecule has 0 saturated carbocycles. The van der Waals surface area contributed by atoms with Crippen LogP contribution < -0.4 is 0 Å². The molecular formula is C18H24N2O4S. The maximum atomic E-state index is 12.7. The first-order valence-electron chi connectivity index (χ1n) is 8.24. The zero-order chi connectivity index (χ0) is 18.6. The number of likely N-dealkylation sites (N-methyl/N-ethyl adjacent to an activating group) is 1. The van der Waals surface area contributed by atoms with Gasteiger partial charge in [-0.1, -0.05) is 6.07 Å². The molecule has 0 unspecified atom stereocenters. The number of hydrogen-bond donors (Lipinski definition) is 1. The van der Waals surface area contributed by atoms with Gasteiger partial charge in [-0.2, -0.15) is 0 Å². The second-order valence-electron chi connectivity index (χ2n) is 6.34. The zero-order valence-corrected chi connectivity index (χ0v) is 15.6. The van der Waals surface area contributed by atoms with Crippen molar-refractivity contribution in [3.63, 3.8) is 0 Å². The van der Waals surface area contributed by atoms with Gasteiger partial charge in [0, 0.05) is 30.6 Å². The molecule has 6 nitrogen and oxygen atoms in total. The number of rotatable bonds is 5. The number of carboxylic acids is 1. The van der Waals surface area contributed by atoms with Crippen molar-refractivity contribution in [2.75, 3.05) is 32.9 Å². The molecule has 1 N–H and O–H groups in total. The summed E-state index contributed by atoms with van der Waals surface area (Å²) in [6, 6.07) is 5.72. The number of nitrogens with zero attached hydrogens (tertiary/aromatic N) is 2. The Hall–Kier alpha value is -2.02. The number of benzene rings is 1. The van der Waals surface area contributed by atoms with Gasteiger partial charge < -0.3 is 14.9 Å². The van der Waals surface area contributed by atoms with Crippen molar-refractivity contribution in [3.8, 4) is 0 Å². The first-order valence-corrected chi connectivity index (χ1v) is 9.46. The highest BCUT2D eigenvalue weighted by molar-refractivity contribution is 7.98. The van der Waals surface area contributed by atoms with Crippen molar-refractivity contribution in [3.05, 3.63) is 29.3 Å². The number of piperidine rings is 1. The number of amides is 2. The lowest BCUT2D eigenvalue weighted by atomic mass is 9.97. The fourth-order valence-electron chi connectivity index (χ4n) is 2.91. The number of carbonyl (C=O) groups is 3. The van der Waals surface area contributed by atoms with E-state index in [1.165, 1.54) is 4.90 Å². The molecule has 0 atom stereocenters. The first kappa shape index (κ1) is 19.3. The molecule has 2 amide bonds. The van der Waals surface area contributed by atoms with Crippen LogP contribution in [0.5, 0.6) is 0 Å². The summed E-state index contributed by atoms with van der Waals surface area (Å²) in [7, 11) is 1.62. The Bertz CT molecular complexity index is 669. The van der Waals surface area contributed by atoms with Gasteiger partial charge in [0.2, 0.25) is 5.91 Å². The van der Waals surface area contributed by atoms with Crippen molar-refractivity contribution >= 4 is 29.5 Å². The number of hydrogen-bond acceptors (Lipinski definition) is 4. The molecule has 1 saturated heterocycles. The Morgan fingerprint density at radius 3 is 2.48 bits per heavy atom. The van der Waals surface area contributed by atoms with E-state index in [0.29, 0.717) is 31.5 Å². The number of aryl methyl sites for hydroxylation is 1. The van der Waals surface area contributed by atoms with Crippen LogP contribution in [0.15, 0.2) is 23.1 Å². The number of carbonyl (C=O) groups excluding carboxylic acids is 2. The monoisotopic (exact) mass is 364 g/mol. The SMILES string of the molecule is CSc1ccc(C)c(C(=O)N(C)CC(=O)N2CCC(C(=O)O)CC2)c1. The maximum absolute atomic E-state index is 12.7. The standard InChI is InChI=1S/C18H24N2O4S/c1-12-4-5-14(25-3)10-15(12)17(22)19(2)11-16(21)20-8-6-13(7-9-20)18(23)24/h4-5,10,13H,6-9,11H2,1-3H3,(H,23,24). The van der Waals surface area contributed by atoms with E-state index in [0.717, 1.165) is 10.5 Å². The van der Waals surface area contributed by atoms with Crippen LogP contribution >= 0.6 is 11.8 Å². The molecule has 0 aromatic heterocycles. The molecule has 1 heterocycles. The molecule has 0 radical (unpaired) electrons. The number of thioether (sulfide) groups is 1. The Labute approximate surface area is 152 Å². The zero-order valence-electron chi connectivity index (χ0n) is 14.8. The molecule has 1 aromatic rings. The third kappa shape index (κ3) is 4.75. The summed E-state index contributed by atoms with van der Waals surface area (Å²) in [6.45, 7) is 2.74. The van der Waals surface area contributed by atoms with Crippen LogP contribution in [-0.4, -0.2) is 65.6 Å². The van der Waals surface area contributed by atoms with Gasteiger partial charge in [-0.25, -0.2) is 0 Å². The lowest BCUT2D eigenvalue weighted by Gasteiger charge is -2.31. The lowest BCUT2D eigenvalue weighted by molar-refractivity contribution is -0.145. The van der Waals surface area contributed by atoms with Crippen LogP contribution in [0, 0.1) is 12.8 Å². The average molecular weight is 364 g/mol. The van der Waals surface area contributed by atoms with E-state index < -0.39 is 5.97 Å². The molecule has 0 bridgehead atoms. The van der Waals surface area contributed by atoms with Crippen molar-refractivity contribution in [1.82, 2.24) is 9.80 Å². The number of likely N-dealkylation sites (tertiary alicyclic amines) is 1. The fraction of sp³-hybridized carbons (Fsp3) is 0.500. The van der Waals surface area contributed by atoms with E-state index in [1.54, 1.807) is 23.7 Å². The fourth-order valence-corrected chi connectivity index (χ4v) is 3.35. The molecule has 2 rings (SSSR count). The van der Waals surface area contributed by atoms with Crippen molar-refractivity contribution in [1.29, 1.82) is 0 Å². The van der Waals surface area contributed by atoms with Crippen molar-refractivity contribution < 1.29 is 19.5 Å². The summed E-state index contributed by atoms with van der Waals surface area (Å²) in [4.78, 5) is 40.1. The Balaban J connectivity index is 1.97. The third-order valence-corrected chi connectivity index (χ3v) is 5.32. The molecule has 1 fully saturated rings. The van der Waals surface area contributed by atoms with Gasteiger partial charge in [-0.15, -0.1) is 11.8 Å². The predicted molar refractivity (Wildman–Crippen MR) is 96.9 cm³/mol. The van der Waals surface area contributed by atoms with Gasteiger partial charge >= 0.3 is 5.97 Å². The van der Waals surface area contributed by atoms with Gasteiger partial charge in [0.25, 0.3) is 5.91 Å². The predicted octanol–water partition coefficient (Wildman–Crippen LogP) is 2.11. The minimum Gasteiger partial charge on any atom is -0.481 e. The van der Waals surface area contributed by atoms with Gasteiger partial charge in [0.1, 0.15) is 0 Å². The van der Waals surface area contributed by atoms with Crippen LogP contribution in [0.4, 0.5) is 0 Å². The lowest BCUT2D eigenvalue weighted by Crippen LogP contribution is -2.45. The van der Waals surface area contributed by atoms with Gasteiger partial charge in [0.05, 0.1) is 12.5 Å². The second kappa shape index (κ2) is 8.38. The van der Waals surface area contributed by atoms with Gasteiger partial charge in [-0.3, -0.25) is 14.4 Å². The van der Waals surface area contributed by atoms with Crippen molar-refractivity contribution in [2.45, 2.75) is 24.7 Å². The molecular weight excluding hydrogens is 340 g/mol. The largest absolute Gasteiger partial charge is 0.481 e. The highest BCUT2D eigenvalue weighted by atomic mass is 32.2. The maximum Gasteiger partial charge on any atom is 0.306 e. The van der Waals surface area contributed by atoms with E-state index in [9.17, 15) is 14.4 Å². The third-order valence-electron chi connectivity index (χ3n) is 4.59. The summed E-state index contributed by atoms with van der Waals surface area (Å²) < 4.78 is 0. The van der Waals surface area contributed by atoms with E-state index in [4.69, 9.17) is 5.11 Å². The smallest absolute Gasteiger partial charge is 0.306 e. The molecule has 1 aromatic carbocycles. The molecule has 1 aliphatic rings. The van der Waals surface area contributed by atoms with Gasteiger partial charge in [-0.05, 0) is 43.7 Å².